The maximum atomic E-state index is 12.5. The number of para-hydroxylation sites is 1. The van der Waals surface area contributed by atoms with Crippen molar-refractivity contribution < 1.29 is 9.53 Å². The smallest absolute Gasteiger partial charge is 0.263 e. The Bertz CT molecular complexity index is 1080. The topological polar surface area (TPSA) is 69.0 Å². The van der Waals surface area contributed by atoms with Crippen LogP contribution in [0.15, 0.2) is 61.1 Å². The zero-order valence-electron chi connectivity index (χ0n) is 15.5. The predicted octanol–water partition coefficient (Wildman–Crippen LogP) is 3.99. The van der Waals surface area contributed by atoms with Crippen LogP contribution in [0.3, 0.4) is 0 Å². The van der Waals surface area contributed by atoms with Crippen molar-refractivity contribution in [3.63, 3.8) is 0 Å². The quantitative estimate of drug-likeness (QED) is 0.483. The summed E-state index contributed by atoms with van der Waals surface area (Å²) in [5.41, 5.74) is 1.59. The Balaban J connectivity index is 1.29. The van der Waals surface area contributed by atoms with E-state index in [-0.39, 0.29) is 5.91 Å². The summed E-state index contributed by atoms with van der Waals surface area (Å²) in [5, 5.41) is 4.79. The first-order valence-corrected chi connectivity index (χ1v) is 9.89. The SMILES string of the molecule is Cc1nc(-n2cccc2)sc1C(=O)NCCCOc1cccc2cccnc12. The van der Waals surface area contributed by atoms with Crippen molar-refractivity contribution in [2.24, 2.45) is 0 Å². The van der Waals surface area contributed by atoms with Crippen molar-refractivity contribution in [1.82, 2.24) is 19.9 Å². The summed E-state index contributed by atoms with van der Waals surface area (Å²) in [6.45, 7) is 2.90. The summed E-state index contributed by atoms with van der Waals surface area (Å²) in [5.74, 6) is 0.666. The number of rotatable bonds is 7. The van der Waals surface area contributed by atoms with Crippen LogP contribution in [0.4, 0.5) is 0 Å². The lowest BCUT2D eigenvalue weighted by Gasteiger charge is -2.09. The van der Waals surface area contributed by atoms with E-state index in [4.69, 9.17) is 4.74 Å². The number of aryl methyl sites for hydroxylation is 1. The van der Waals surface area contributed by atoms with Crippen molar-refractivity contribution in [3.8, 4) is 10.9 Å². The van der Waals surface area contributed by atoms with Crippen LogP contribution >= 0.6 is 11.3 Å². The number of hydrogen-bond acceptors (Lipinski definition) is 5. The highest BCUT2D eigenvalue weighted by molar-refractivity contribution is 7.16. The van der Waals surface area contributed by atoms with Gasteiger partial charge < -0.3 is 14.6 Å². The molecule has 0 saturated heterocycles. The summed E-state index contributed by atoms with van der Waals surface area (Å²) in [4.78, 5) is 22.0. The standard InChI is InChI=1S/C21H20N4O2S/c1-15-19(28-21(24-15)25-12-2-3-13-25)20(26)23-11-6-14-27-17-9-4-7-16-8-5-10-22-18(16)17/h2-5,7-10,12-13H,6,11,14H2,1H3,(H,23,26). The minimum atomic E-state index is -0.0970. The van der Waals surface area contributed by atoms with E-state index in [0.717, 1.165) is 27.5 Å². The number of aromatic nitrogens is 3. The lowest BCUT2D eigenvalue weighted by Crippen LogP contribution is -2.25. The summed E-state index contributed by atoms with van der Waals surface area (Å²) in [6, 6.07) is 13.7. The van der Waals surface area contributed by atoms with E-state index in [1.165, 1.54) is 11.3 Å². The van der Waals surface area contributed by atoms with Gasteiger partial charge in [0, 0.05) is 30.5 Å². The number of amides is 1. The lowest BCUT2D eigenvalue weighted by atomic mass is 10.2. The molecule has 0 spiro atoms. The molecular formula is C21H20N4O2S. The molecule has 3 heterocycles. The highest BCUT2D eigenvalue weighted by atomic mass is 32.1. The van der Waals surface area contributed by atoms with Crippen LogP contribution in [0, 0.1) is 6.92 Å². The maximum absolute atomic E-state index is 12.5. The Morgan fingerprint density at radius 2 is 2.00 bits per heavy atom. The number of carbonyl (C=O) groups excluding carboxylic acids is 1. The summed E-state index contributed by atoms with van der Waals surface area (Å²) >= 11 is 1.39. The highest BCUT2D eigenvalue weighted by Crippen LogP contribution is 2.23. The molecule has 6 nitrogen and oxygen atoms in total. The Morgan fingerprint density at radius 1 is 1.18 bits per heavy atom. The molecule has 4 aromatic rings. The molecule has 0 radical (unpaired) electrons. The molecule has 4 rings (SSSR count). The van der Waals surface area contributed by atoms with Crippen LogP contribution in [-0.2, 0) is 0 Å². The molecular weight excluding hydrogens is 372 g/mol. The minimum absolute atomic E-state index is 0.0970. The fraction of sp³-hybridized carbons (Fsp3) is 0.190. The molecule has 0 bridgehead atoms. The molecule has 0 unspecified atom stereocenters. The van der Waals surface area contributed by atoms with Crippen molar-refractivity contribution in [2.75, 3.05) is 13.2 Å². The number of nitrogens with zero attached hydrogens (tertiary/aromatic N) is 3. The summed E-state index contributed by atoms with van der Waals surface area (Å²) in [6.07, 6.45) is 6.30. The number of hydrogen-bond donors (Lipinski definition) is 1. The van der Waals surface area contributed by atoms with E-state index in [1.807, 2.05) is 66.3 Å². The Kier molecular flexibility index (Phi) is 5.34. The number of pyridine rings is 1. The number of fused-ring (bicyclic) bond motifs is 1. The summed E-state index contributed by atoms with van der Waals surface area (Å²) in [7, 11) is 0. The molecule has 0 aliphatic rings. The van der Waals surface area contributed by atoms with Gasteiger partial charge in [-0.25, -0.2) is 4.98 Å². The Morgan fingerprint density at radius 3 is 2.86 bits per heavy atom. The molecule has 0 atom stereocenters. The number of carbonyl (C=O) groups is 1. The minimum Gasteiger partial charge on any atom is -0.491 e. The van der Waals surface area contributed by atoms with Gasteiger partial charge in [0.2, 0.25) is 0 Å². The zero-order valence-corrected chi connectivity index (χ0v) is 16.3. The monoisotopic (exact) mass is 392 g/mol. The zero-order chi connectivity index (χ0) is 19.3. The van der Waals surface area contributed by atoms with Gasteiger partial charge in [-0.2, -0.15) is 0 Å². The normalized spacial score (nSPS) is 10.9. The highest BCUT2D eigenvalue weighted by Gasteiger charge is 2.15. The predicted molar refractivity (Wildman–Crippen MR) is 110 cm³/mol. The van der Waals surface area contributed by atoms with Gasteiger partial charge in [-0.3, -0.25) is 9.78 Å². The molecule has 0 aliphatic carbocycles. The Labute approximate surface area is 166 Å². The molecule has 0 saturated carbocycles. The molecule has 3 aromatic heterocycles. The van der Waals surface area contributed by atoms with Gasteiger partial charge in [0.05, 0.1) is 12.3 Å². The maximum Gasteiger partial charge on any atom is 0.263 e. The van der Waals surface area contributed by atoms with Gasteiger partial charge >= 0.3 is 0 Å². The van der Waals surface area contributed by atoms with Crippen molar-refractivity contribution in [1.29, 1.82) is 0 Å². The van der Waals surface area contributed by atoms with E-state index >= 15 is 0 Å². The van der Waals surface area contributed by atoms with Crippen LogP contribution < -0.4 is 10.1 Å². The molecule has 1 N–H and O–H groups in total. The van der Waals surface area contributed by atoms with Crippen molar-refractivity contribution >= 4 is 28.1 Å². The van der Waals surface area contributed by atoms with E-state index in [9.17, 15) is 4.79 Å². The van der Waals surface area contributed by atoms with Gasteiger partial charge in [-0.15, -0.1) is 0 Å². The molecule has 7 heteroatoms. The van der Waals surface area contributed by atoms with E-state index in [0.29, 0.717) is 24.4 Å². The average Bonchev–Trinajstić information content (AvgIpc) is 3.37. The van der Waals surface area contributed by atoms with Gasteiger partial charge in [-0.05, 0) is 37.6 Å². The van der Waals surface area contributed by atoms with Gasteiger partial charge in [0.15, 0.2) is 5.13 Å². The van der Waals surface area contributed by atoms with Crippen LogP contribution in [0.5, 0.6) is 5.75 Å². The fourth-order valence-corrected chi connectivity index (χ4v) is 3.85. The van der Waals surface area contributed by atoms with Gasteiger partial charge in [0.25, 0.3) is 5.91 Å². The largest absolute Gasteiger partial charge is 0.491 e. The number of nitrogens with one attached hydrogen (secondary N) is 1. The molecule has 0 aliphatic heterocycles. The number of benzene rings is 1. The van der Waals surface area contributed by atoms with Gasteiger partial charge in [-0.1, -0.05) is 29.5 Å². The lowest BCUT2D eigenvalue weighted by molar-refractivity contribution is 0.0955. The van der Waals surface area contributed by atoms with Crippen LogP contribution in [-0.4, -0.2) is 33.6 Å². The summed E-state index contributed by atoms with van der Waals surface area (Å²) < 4.78 is 7.76. The number of ether oxygens (including phenoxy) is 1. The molecule has 0 fully saturated rings. The number of thiazole rings is 1. The molecule has 142 valence electrons. The van der Waals surface area contributed by atoms with Crippen LogP contribution in [0.25, 0.3) is 16.0 Å². The molecule has 1 aromatic carbocycles. The van der Waals surface area contributed by atoms with Crippen molar-refractivity contribution in [3.05, 3.63) is 71.6 Å². The second-order valence-corrected chi connectivity index (χ2v) is 7.27. The van der Waals surface area contributed by atoms with Crippen LogP contribution in [0.2, 0.25) is 0 Å². The van der Waals surface area contributed by atoms with E-state index in [2.05, 4.69) is 15.3 Å². The third-order valence-corrected chi connectivity index (χ3v) is 5.45. The third kappa shape index (κ3) is 3.89. The Hall–Kier alpha value is -3.19. The molecule has 1 amide bonds. The fourth-order valence-electron chi connectivity index (χ4n) is 2.89. The van der Waals surface area contributed by atoms with Gasteiger partial charge in [0.1, 0.15) is 16.1 Å². The van der Waals surface area contributed by atoms with E-state index in [1.54, 1.807) is 6.20 Å². The first kappa shape index (κ1) is 18.2. The third-order valence-electron chi connectivity index (χ3n) is 4.28. The second-order valence-electron chi connectivity index (χ2n) is 6.29. The molecule has 28 heavy (non-hydrogen) atoms. The second kappa shape index (κ2) is 8.22. The van der Waals surface area contributed by atoms with E-state index < -0.39 is 0 Å². The van der Waals surface area contributed by atoms with Crippen LogP contribution in [0.1, 0.15) is 21.8 Å². The van der Waals surface area contributed by atoms with Crippen molar-refractivity contribution in [2.45, 2.75) is 13.3 Å². The first-order chi connectivity index (χ1) is 13.7. The first-order valence-electron chi connectivity index (χ1n) is 9.08. The average molecular weight is 392 g/mol.